The summed E-state index contributed by atoms with van der Waals surface area (Å²) in [5.74, 6) is 0.912. The van der Waals surface area contributed by atoms with E-state index in [0.29, 0.717) is 28.8 Å². The Hall–Kier alpha value is -2.27. The topological polar surface area (TPSA) is 68.5 Å². The number of fused-ring (bicyclic) bond motifs is 1. The van der Waals surface area contributed by atoms with Crippen LogP contribution in [0.15, 0.2) is 36.5 Å². The molecule has 2 aromatic rings. The molecule has 0 atom stereocenters. The van der Waals surface area contributed by atoms with Crippen molar-refractivity contribution in [1.82, 2.24) is 4.98 Å². The van der Waals surface area contributed by atoms with Crippen LogP contribution in [0.4, 0.5) is 11.5 Å². The Labute approximate surface area is 120 Å². The Morgan fingerprint density at radius 1 is 1.40 bits per heavy atom. The molecule has 3 rings (SSSR count). The molecule has 0 fully saturated rings. The van der Waals surface area contributed by atoms with E-state index in [1.807, 2.05) is 6.07 Å². The van der Waals surface area contributed by atoms with E-state index in [1.165, 1.54) is 0 Å². The number of pyridine rings is 1. The smallest absolute Gasteiger partial charge is 0.265 e. The lowest BCUT2D eigenvalue weighted by Gasteiger charge is -2.29. The fourth-order valence-corrected chi connectivity index (χ4v) is 2.27. The number of rotatable bonds is 2. The third-order valence-corrected chi connectivity index (χ3v) is 3.35. The Balaban J connectivity index is 1.99. The van der Waals surface area contributed by atoms with Gasteiger partial charge in [0.05, 0.1) is 12.2 Å². The van der Waals surface area contributed by atoms with Crippen molar-refractivity contribution in [3.63, 3.8) is 0 Å². The number of carbonyl (C=O) groups excluding carboxylic acids is 1. The molecule has 2 N–H and O–H groups in total. The van der Waals surface area contributed by atoms with Gasteiger partial charge in [0, 0.05) is 16.8 Å². The normalized spacial score (nSPS) is 13.8. The van der Waals surface area contributed by atoms with Gasteiger partial charge in [-0.3, -0.25) is 4.79 Å². The number of nitrogens with zero attached hydrogens (tertiary/aromatic N) is 2. The summed E-state index contributed by atoms with van der Waals surface area (Å²) in [6.45, 7) is 0.351. The van der Waals surface area contributed by atoms with Crippen LogP contribution in [0.25, 0.3) is 0 Å². The number of ether oxygens (including phenoxy) is 1. The number of benzene rings is 1. The summed E-state index contributed by atoms with van der Waals surface area (Å²) in [4.78, 5) is 17.7. The van der Waals surface area contributed by atoms with Crippen molar-refractivity contribution >= 4 is 29.0 Å². The van der Waals surface area contributed by atoms with Gasteiger partial charge in [0.2, 0.25) is 0 Å². The molecule has 1 aliphatic rings. The predicted octanol–water partition coefficient (Wildman–Crippen LogP) is 2.24. The van der Waals surface area contributed by atoms with Gasteiger partial charge in [-0.25, -0.2) is 4.98 Å². The number of anilines is 2. The molecule has 0 bridgehead atoms. The Kier molecular flexibility index (Phi) is 3.20. The number of amides is 1. The zero-order valence-corrected chi connectivity index (χ0v) is 11.3. The summed E-state index contributed by atoms with van der Waals surface area (Å²) < 4.78 is 5.39. The van der Waals surface area contributed by atoms with Crippen LogP contribution in [-0.4, -0.2) is 17.5 Å². The van der Waals surface area contributed by atoms with Crippen molar-refractivity contribution in [3.05, 3.63) is 47.1 Å². The number of aromatic nitrogens is 1. The molecule has 5 nitrogen and oxygen atoms in total. The third kappa shape index (κ3) is 2.28. The van der Waals surface area contributed by atoms with Gasteiger partial charge in [-0.1, -0.05) is 17.7 Å². The Morgan fingerprint density at radius 3 is 3.05 bits per heavy atom. The van der Waals surface area contributed by atoms with Crippen molar-refractivity contribution in [3.8, 4) is 5.75 Å². The average molecular weight is 290 g/mol. The molecular formula is C14H12ClN3O2. The standard InChI is InChI=1S/C14H12ClN3O2/c15-10-3-4-12-11(6-10)18(13(19)8-20-12)7-9-2-1-5-17-14(9)16/h1-6H,7-8H2,(H2,16,17). The van der Waals surface area contributed by atoms with E-state index in [2.05, 4.69) is 4.98 Å². The fraction of sp³-hybridized carbons (Fsp3) is 0.143. The highest BCUT2D eigenvalue weighted by molar-refractivity contribution is 6.31. The van der Waals surface area contributed by atoms with E-state index in [4.69, 9.17) is 22.1 Å². The summed E-state index contributed by atoms with van der Waals surface area (Å²) >= 11 is 5.99. The number of hydrogen-bond donors (Lipinski definition) is 1. The lowest BCUT2D eigenvalue weighted by molar-refractivity contribution is -0.121. The van der Waals surface area contributed by atoms with E-state index in [1.54, 1.807) is 35.4 Å². The first kappa shape index (κ1) is 12.7. The number of nitrogen functional groups attached to an aromatic ring is 1. The van der Waals surface area contributed by atoms with E-state index in [0.717, 1.165) is 5.56 Å². The first-order valence-corrected chi connectivity index (χ1v) is 6.45. The average Bonchev–Trinajstić information content (AvgIpc) is 2.44. The van der Waals surface area contributed by atoms with Crippen LogP contribution in [-0.2, 0) is 11.3 Å². The quantitative estimate of drug-likeness (QED) is 0.920. The highest BCUT2D eigenvalue weighted by atomic mass is 35.5. The van der Waals surface area contributed by atoms with Crippen LogP contribution in [0.2, 0.25) is 5.02 Å². The monoisotopic (exact) mass is 289 g/mol. The van der Waals surface area contributed by atoms with Gasteiger partial charge in [-0.05, 0) is 24.3 Å². The molecule has 1 aromatic heterocycles. The fourth-order valence-electron chi connectivity index (χ4n) is 2.10. The number of carbonyl (C=O) groups is 1. The molecule has 0 unspecified atom stereocenters. The molecule has 0 radical (unpaired) electrons. The first-order valence-electron chi connectivity index (χ1n) is 6.07. The summed E-state index contributed by atoms with van der Waals surface area (Å²) in [6, 6.07) is 8.82. The Bertz CT molecular complexity index is 675. The van der Waals surface area contributed by atoms with Crippen molar-refractivity contribution in [2.24, 2.45) is 0 Å². The van der Waals surface area contributed by atoms with Gasteiger partial charge in [-0.15, -0.1) is 0 Å². The second kappa shape index (κ2) is 5.02. The largest absolute Gasteiger partial charge is 0.482 e. The maximum atomic E-state index is 12.1. The molecule has 1 aliphatic heterocycles. The van der Waals surface area contributed by atoms with Gasteiger partial charge >= 0.3 is 0 Å². The molecule has 2 heterocycles. The molecule has 6 heteroatoms. The number of hydrogen-bond acceptors (Lipinski definition) is 4. The van der Waals surface area contributed by atoms with Crippen molar-refractivity contribution in [1.29, 1.82) is 0 Å². The van der Waals surface area contributed by atoms with Crippen LogP contribution < -0.4 is 15.4 Å². The first-order chi connectivity index (χ1) is 9.65. The SMILES string of the molecule is Nc1ncccc1CN1C(=O)COc2ccc(Cl)cc21. The maximum absolute atomic E-state index is 12.1. The second-order valence-corrected chi connectivity index (χ2v) is 4.86. The van der Waals surface area contributed by atoms with Crippen LogP contribution in [0.3, 0.4) is 0 Å². The summed E-state index contributed by atoms with van der Waals surface area (Å²) in [5.41, 5.74) is 7.26. The molecule has 0 spiro atoms. The van der Waals surface area contributed by atoms with Crippen molar-refractivity contribution in [2.75, 3.05) is 17.2 Å². The van der Waals surface area contributed by atoms with Gasteiger partial charge in [0.15, 0.2) is 6.61 Å². The van der Waals surface area contributed by atoms with E-state index < -0.39 is 0 Å². The Morgan fingerprint density at radius 2 is 2.25 bits per heavy atom. The molecule has 0 saturated carbocycles. The minimum atomic E-state index is -0.136. The highest BCUT2D eigenvalue weighted by Gasteiger charge is 2.26. The lowest BCUT2D eigenvalue weighted by Crippen LogP contribution is -2.38. The van der Waals surface area contributed by atoms with Crippen LogP contribution >= 0.6 is 11.6 Å². The lowest BCUT2D eigenvalue weighted by atomic mass is 10.2. The van der Waals surface area contributed by atoms with Crippen molar-refractivity contribution < 1.29 is 9.53 Å². The number of halogens is 1. The van der Waals surface area contributed by atoms with Crippen LogP contribution in [0.1, 0.15) is 5.56 Å². The van der Waals surface area contributed by atoms with Crippen molar-refractivity contribution in [2.45, 2.75) is 6.54 Å². The van der Waals surface area contributed by atoms with E-state index in [9.17, 15) is 4.79 Å². The summed E-state index contributed by atoms with van der Waals surface area (Å²) in [7, 11) is 0. The summed E-state index contributed by atoms with van der Waals surface area (Å²) in [6.07, 6.45) is 1.62. The molecular weight excluding hydrogens is 278 g/mol. The molecule has 0 saturated heterocycles. The maximum Gasteiger partial charge on any atom is 0.265 e. The van der Waals surface area contributed by atoms with Gasteiger partial charge in [0.1, 0.15) is 11.6 Å². The third-order valence-electron chi connectivity index (χ3n) is 3.12. The van der Waals surface area contributed by atoms with E-state index >= 15 is 0 Å². The van der Waals surface area contributed by atoms with Crippen LogP contribution in [0, 0.1) is 0 Å². The molecule has 0 aliphatic carbocycles. The molecule has 20 heavy (non-hydrogen) atoms. The molecule has 102 valence electrons. The second-order valence-electron chi connectivity index (χ2n) is 4.43. The van der Waals surface area contributed by atoms with Gasteiger partial charge < -0.3 is 15.4 Å². The minimum Gasteiger partial charge on any atom is -0.482 e. The zero-order chi connectivity index (χ0) is 14.1. The predicted molar refractivity (Wildman–Crippen MR) is 76.8 cm³/mol. The van der Waals surface area contributed by atoms with E-state index in [-0.39, 0.29) is 12.5 Å². The molecule has 1 amide bonds. The number of nitrogens with two attached hydrogens (primary N) is 1. The highest BCUT2D eigenvalue weighted by Crippen LogP contribution is 2.35. The zero-order valence-electron chi connectivity index (χ0n) is 10.5. The minimum absolute atomic E-state index is 0.00873. The molecule has 1 aromatic carbocycles. The van der Waals surface area contributed by atoms with Crippen LogP contribution in [0.5, 0.6) is 5.75 Å². The van der Waals surface area contributed by atoms with Gasteiger partial charge in [0.25, 0.3) is 5.91 Å². The summed E-state index contributed by atoms with van der Waals surface area (Å²) in [5, 5.41) is 0.547. The van der Waals surface area contributed by atoms with Gasteiger partial charge in [-0.2, -0.15) is 0 Å².